The number of fused-ring (bicyclic) bond motifs is 1. The molecule has 3 heterocycles. The Morgan fingerprint density at radius 1 is 1.45 bits per heavy atom. The van der Waals surface area contributed by atoms with Gasteiger partial charge in [-0.15, -0.1) is 0 Å². The molecule has 1 aliphatic rings. The van der Waals surface area contributed by atoms with E-state index in [1.807, 2.05) is 4.57 Å². The molecule has 1 unspecified atom stereocenters. The van der Waals surface area contributed by atoms with Gasteiger partial charge < -0.3 is 20.3 Å². The SMILES string of the molecule is Nc1nc(OCCO)nc2c1ncn2C1CCCCO1. The first-order valence-corrected chi connectivity index (χ1v) is 6.65. The summed E-state index contributed by atoms with van der Waals surface area (Å²) < 4.78 is 12.8. The zero-order valence-corrected chi connectivity index (χ0v) is 11.0. The molecule has 2 aromatic heterocycles. The lowest BCUT2D eigenvalue weighted by atomic mass is 10.2. The number of aliphatic hydroxyl groups is 1. The molecular formula is C12H17N5O3. The fourth-order valence-electron chi connectivity index (χ4n) is 2.27. The molecule has 1 atom stereocenters. The summed E-state index contributed by atoms with van der Waals surface area (Å²) in [6, 6.07) is 0.140. The molecule has 0 aromatic carbocycles. The Bertz CT molecular complexity index is 594. The molecule has 2 aromatic rings. The van der Waals surface area contributed by atoms with Gasteiger partial charge in [0, 0.05) is 6.61 Å². The van der Waals surface area contributed by atoms with Crippen LogP contribution in [-0.2, 0) is 4.74 Å². The van der Waals surface area contributed by atoms with Crippen LogP contribution in [-0.4, -0.2) is 44.4 Å². The Kier molecular flexibility index (Phi) is 3.66. The summed E-state index contributed by atoms with van der Waals surface area (Å²) in [6.45, 7) is 0.754. The molecule has 0 saturated carbocycles. The van der Waals surface area contributed by atoms with Gasteiger partial charge in [0.1, 0.15) is 12.8 Å². The third-order valence-electron chi connectivity index (χ3n) is 3.22. The first kappa shape index (κ1) is 13.1. The number of aromatic nitrogens is 4. The molecule has 3 rings (SSSR count). The molecule has 8 nitrogen and oxygen atoms in total. The van der Waals surface area contributed by atoms with E-state index in [4.69, 9.17) is 20.3 Å². The minimum absolute atomic E-state index is 0.0752. The van der Waals surface area contributed by atoms with Crippen LogP contribution in [0.5, 0.6) is 6.01 Å². The normalized spacial score (nSPS) is 19.4. The van der Waals surface area contributed by atoms with Crippen LogP contribution in [0, 0.1) is 0 Å². The van der Waals surface area contributed by atoms with Crippen LogP contribution in [0.2, 0.25) is 0 Å². The molecule has 0 spiro atoms. The maximum absolute atomic E-state index is 8.78. The molecule has 1 fully saturated rings. The monoisotopic (exact) mass is 279 g/mol. The van der Waals surface area contributed by atoms with Crippen molar-refractivity contribution in [3.05, 3.63) is 6.33 Å². The Labute approximate surface area is 115 Å². The number of nitrogens with two attached hydrogens (primary N) is 1. The molecule has 20 heavy (non-hydrogen) atoms. The van der Waals surface area contributed by atoms with Gasteiger partial charge in [0.2, 0.25) is 0 Å². The van der Waals surface area contributed by atoms with Crippen molar-refractivity contribution < 1.29 is 14.6 Å². The fraction of sp³-hybridized carbons (Fsp3) is 0.583. The highest BCUT2D eigenvalue weighted by Gasteiger charge is 2.20. The number of imidazole rings is 1. The summed E-state index contributed by atoms with van der Waals surface area (Å²) in [5.74, 6) is 0.262. The van der Waals surface area contributed by atoms with Gasteiger partial charge in [-0.3, -0.25) is 4.57 Å². The number of hydrogen-bond donors (Lipinski definition) is 2. The molecule has 0 bridgehead atoms. The van der Waals surface area contributed by atoms with E-state index >= 15 is 0 Å². The standard InChI is InChI=1S/C12H17N5O3/c13-10-9-11(16-12(15-10)20-6-4-18)17(7-14-9)8-3-1-2-5-19-8/h7-8,18H,1-6H2,(H2,13,15,16). The molecule has 3 N–H and O–H groups in total. The smallest absolute Gasteiger partial charge is 0.320 e. The summed E-state index contributed by atoms with van der Waals surface area (Å²) in [6.07, 6.45) is 4.70. The third-order valence-corrected chi connectivity index (χ3v) is 3.22. The van der Waals surface area contributed by atoms with E-state index in [9.17, 15) is 0 Å². The highest BCUT2D eigenvalue weighted by molar-refractivity contribution is 5.81. The molecule has 1 saturated heterocycles. The second-order valence-electron chi connectivity index (χ2n) is 4.61. The molecule has 0 amide bonds. The number of anilines is 1. The number of nitrogens with zero attached hydrogens (tertiary/aromatic N) is 4. The maximum Gasteiger partial charge on any atom is 0.320 e. The van der Waals surface area contributed by atoms with E-state index in [2.05, 4.69) is 15.0 Å². The van der Waals surface area contributed by atoms with Crippen molar-refractivity contribution in [1.29, 1.82) is 0 Å². The van der Waals surface area contributed by atoms with Gasteiger partial charge in [0.25, 0.3) is 0 Å². The van der Waals surface area contributed by atoms with Crippen LogP contribution in [0.1, 0.15) is 25.5 Å². The minimum Gasteiger partial charge on any atom is -0.461 e. The zero-order valence-electron chi connectivity index (χ0n) is 11.0. The first-order chi connectivity index (χ1) is 9.79. The van der Waals surface area contributed by atoms with Gasteiger partial charge in [-0.05, 0) is 19.3 Å². The predicted molar refractivity (Wildman–Crippen MR) is 71.2 cm³/mol. The Morgan fingerprint density at radius 3 is 3.10 bits per heavy atom. The molecular weight excluding hydrogens is 262 g/mol. The van der Waals surface area contributed by atoms with Gasteiger partial charge in [0.15, 0.2) is 17.0 Å². The second-order valence-corrected chi connectivity index (χ2v) is 4.61. The van der Waals surface area contributed by atoms with Crippen molar-refractivity contribution >= 4 is 17.0 Å². The Hall–Kier alpha value is -1.93. The summed E-state index contributed by atoms with van der Waals surface area (Å²) in [7, 11) is 0. The fourth-order valence-corrected chi connectivity index (χ4v) is 2.27. The highest BCUT2D eigenvalue weighted by Crippen LogP contribution is 2.27. The van der Waals surface area contributed by atoms with Crippen LogP contribution < -0.4 is 10.5 Å². The number of rotatable bonds is 4. The van der Waals surface area contributed by atoms with Crippen molar-refractivity contribution in [3.63, 3.8) is 0 Å². The number of ether oxygens (including phenoxy) is 2. The predicted octanol–water partition coefficient (Wildman–Crippen LogP) is 0.479. The van der Waals surface area contributed by atoms with Gasteiger partial charge in [-0.25, -0.2) is 4.98 Å². The van der Waals surface area contributed by atoms with E-state index < -0.39 is 0 Å². The van der Waals surface area contributed by atoms with Crippen LogP contribution in [0.4, 0.5) is 5.82 Å². The lowest BCUT2D eigenvalue weighted by molar-refractivity contribution is -0.0298. The summed E-state index contributed by atoms with van der Waals surface area (Å²) in [5, 5.41) is 8.78. The van der Waals surface area contributed by atoms with Gasteiger partial charge >= 0.3 is 6.01 Å². The van der Waals surface area contributed by atoms with Crippen LogP contribution >= 0.6 is 0 Å². The minimum atomic E-state index is -0.105. The summed E-state index contributed by atoms with van der Waals surface area (Å²) in [4.78, 5) is 12.6. The van der Waals surface area contributed by atoms with Crippen molar-refractivity contribution in [2.24, 2.45) is 0 Å². The van der Waals surface area contributed by atoms with E-state index in [0.717, 1.165) is 25.9 Å². The Balaban J connectivity index is 1.98. The molecule has 8 heteroatoms. The maximum atomic E-state index is 8.78. The van der Waals surface area contributed by atoms with Crippen molar-refractivity contribution in [2.45, 2.75) is 25.5 Å². The number of aliphatic hydroxyl groups excluding tert-OH is 1. The summed E-state index contributed by atoms with van der Waals surface area (Å²) in [5.41, 5.74) is 6.99. The van der Waals surface area contributed by atoms with E-state index in [1.54, 1.807) is 6.33 Å². The third kappa shape index (κ3) is 2.39. The van der Waals surface area contributed by atoms with E-state index in [1.165, 1.54) is 0 Å². The molecule has 0 radical (unpaired) electrons. The van der Waals surface area contributed by atoms with Crippen molar-refractivity contribution in [2.75, 3.05) is 25.6 Å². The van der Waals surface area contributed by atoms with Crippen molar-refractivity contribution in [3.8, 4) is 6.01 Å². The zero-order chi connectivity index (χ0) is 13.9. The largest absolute Gasteiger partial charge is 0.461 e. The first-order valence-electron chi connectivity index (χ1n) is 6.65. The highest BCUT2D eigenvalue weighted by atomic mass is 16.5. The Morgan fingerprint density at radius 2 is 2.35 bits per heavy atom. The molecule has 108 valence electrons. The molecule has 1 aliphatic heterocycles. The summed E-state index contributed by atoms with van der Waals surface area (Å²) >= 11 is 0. The van der Waals surface area contributed by atoms with Crippen LogP contribution in [0.3, 0.4) is 0 Å². The number of hydrogen-bond acceptors (Lipinski definition) is 7. The van der Waals surface area contributed by atoms with E-state index in [-0.39, 0.29) is 31.3 Å². The van der Waals surface area contributed by atoms with Gasteiger partial charge in [-0.2, -0.15) is 9.97 Å². The van der Waals surface area contributed by atoms with Gasteiger partial charge in [0.05, 0.1) is 12.9 Å². The number of nitrogen functional groups attached to an aromatic ring is 1. The second kappa shape index (κ2) is 5.59. The lowest BCUT2D eigenvalue weighted by Crippen LogP contribution is -2.18. The van der Waals surface area contributed by atoms with E-state index in [0.29, 0.717) is 11.2 Å². The van der Waals surface area contributed by atoms with Crippen LogP contribution in [0.25, 0.3) is 11.2 Å². The van der Waals surface area contributed by atoms with Crippen molar-refractivity contribution in [1.82, 2.24) is 19.5 Å². The lowest BCUT2D eigenvalue weighted by Gasteiger charge is -2.23. The van der Waals surface area contributed by atoms with Crippen LogP contribution in [0.15, 0.2) is 6.33 Å². The average molecular weight is 279 g/mol. The quantitative estimate of drug-likeness (QED) is 0.837. The molecule has 0 aliphatic carbocycles. The average Bonchev–Trinajstić information content (AvgIpc) is 2.90. The topological polar surface area (TPSA) is 108 Å². The van der Waals surface area contributed by atoms with Gasteiger partial charge in [-0.1, -0.05) is 0 Å².